The highest BCUT2D eigenvalue weighted by Gasteiger charge is 2.18. The second kappa shape index (κ2) is 6.74. The van der Waals surface area contributed by atoms with Gasteiger partial charge in [-0.05, 0) is 30.9 Å². The molecule has 0 spiro atoms. The van der Waals surface area contributed by atoms with Gasteiger partial charge in [-0.3, -0.25) is 9.59 Å². The summed E-state index contributed by atoms with van der Waals surface area (Å²) in [6.45, 7) is 0.588. The van der Waals surface area contributed by atoms with Crippen molar-refractivity contribution in [3.05, 3.63) is 45.0 Å². The Balaban J connectivity index is 1.63. The van der Waals surface area contributed by atoms with E-state index >= 15 is 0 Å². The SMILES string of the molecule is COCCc1nc(CNC(=O)c2cc3c([nH]c2=O)CCC3)no1. The van der Waals surface area contributed by atoms with Crippen molar-refractivity contribution in [3.8, 4) is 0 Å². The lowest BCUT2D eigenvalue weighted by molar-refractivity contribution is 0.0948. The van der Waals surface area contributed by atoms with Gasteiger partial charge in [0, 0.05) is 12.8 Å². The number of carbonyl (C=O) groups is 1. The molecule has 0 bridgehead atoms. The Labute approximate surface area is 132 Å². The number of hydrogen-bond acceptors (Lipinski definition) is 6. The van der Waals surface area contributed by atoms with E-state index in [4.69, 9.17) is 9.26 Å². The molecule has 122 valence electrons. The Kier molecular flexibility index (Phi) is 4.52. The standard InChI is InChI=1S/C15H18N4O4/c1-22-6-5-13-18-12(19-23-13)8-16-14(20)10-7-9-3-2-4-11(9)17-15(10)21/h7H,2-6,8H2,1H3,(H,16,20)(H,17,21). The summed E-state index contributed by atoms with van der Waals surface area (Å²) in [4.78, 5) is 31.1. The molecule has 2 heterocycles. The van der Waals surface area contributed by atoms with Crippen LogP contribution in [0.4, 0.5) is 0 Å². The molecular weight excluding hydrogens is 300 g/mol. The predicted molar refractivity (Wildman–Crippen MR) is 80.1 cm³/mol. The Morgan fingerprint density at radius 2 is 2.35 bits per heavy atom. The molecule has 0 saturated carbocycles. The summed E-state index contributed by atoms with van der Waals surface area (Å²) in [5.74, 6) is 0.373. The zero-order valence-corrected chi connectivity index (χ0v) is 12.8. The number of aryl methyl sites for hydroxylation is 2. The van der Waals surface area contributed by atoms with Crippen LogP contribution >= 0.6 is 0 Å². The summed E-state index contributed by atoms with van der Waals surface area (Å²) in [6.07, 6.45) is 3.27. The quantitative estimate of drug-likeness (QED) is 0.796. The maximum absolute atomic E-state index is 12.2. The van der Waals surface area contributed by atoms with E-state index in [1.165, 1.54) is 0 Å². The van der Waals surface area contributed by atoms with Gasteiger partial charge in [-0.2, -0.15) is 4.98 Å². The highest BCUT2D eigenvalue weighted by atomic mass is 16.5. The van der Waals surface area contributed by atoms with Crippen LogP contribution in [0.25, 0.3) is 0 Å². The van der Waals surface area contributed by atoms with E-state index in [0.717, 1.165) is 30.5 Å². The van der Waals surface area contributed by atoms with Crippen LogP contribution in [0.15, 0.2) is 15.4 Å². The first-order valence-corrected chi connectivity index (χ1v) is 7.51. The molecule has 0 aliphatic heterocycles. The Hall–Kier alpha value is -2.48. The van der Waals surface area contributed by atoms with Crippen molar-refractivity contribution >= 4 is 5.91 Å². The summed E-state index contributed by atoms with van der Waals surface area (Å²) < 4.78 is 9.95. The number of rotatable bonds is 6. The molecule has 1 amide bonds. The van der Waals surface area contributed by atoms with Gasteiger partial charge in [-0.1, -0.05) is 5.16 Å². The number of aromatic amines is 1. The van der Waals surface area contributed by atoms with Gasteiger partial charge in [-0.15, -0.1) is 0 Å². The fourth-order valence-corrected chi connectivity index (χ4v) is 2.59. The van der Waals surface area contributed by atoms with Gasteiger partial charge in [0.2, 0.25) is 5.89 Å². The number of carbonyl (C=O) groups excluding carboxylic acids is 1. The molecule has 2 aromatic heterocycles. The third kappa shape index (κ3) is 3.48. The van der Waals surface area contributed by atoms with Crippen LogP contribution in [0.2, 0.25) is 0 Å². The molecule has 0 atom stereocenters. The molecule has 0 radical (unpaired) electrons. The van der Waals surface area contributed by atoms with Gasteiger partial charge in [0.1, 0.15) is 5.56 Å². The van der Waals surface area contributed by atoms with E-state index < -0.39 is 5.91 Å². The molecule has 2 N–H and O–H groups in total. The molecule has 0 fully saturated rings. The van der Waals surface area contributed by atoms with Gasteiger partial charge >= 0.3 is 0 Å². The third-order valence-electron chi connectivity index (χ3n) is 3.77. The molecule has 0 unspecified atom stereocenters. The minimum atomic E-state index is -0.441. The van der Waals surface area contributed by atoms with Crippen LogP contribution in [-0.2, 0) is 30.5 Å². The summed E-state index contributed by atoms with van der Waals surface area (Å²) >= 11 is 0. The number of aromatic nitrogens is 3. The summed E-state index contributed by atoms with van der Waals surface area (Å²) in [5, 5.41) is 6.41. The molecule has 1 aliphatic rings. The number of ether oxygens (including phenoxy) is 1. The van der Waals surface area contributed by atoms with Crippen LogP contribution in [-0.4, -0.2) is 34.7 Å². The second-order valence-corrected chi connectivity index (χ2v) is 5.40. The van der Waals surface area contributed by atoms with Crippen molar-refractivity contribution in [2.75, 3.05) is 13.7 Å². The molecule has 0 aromatic carbocycles. The monoisotopic (exact) mass is 318 g/mol. The first-order chi connectivity index (χ1) is 11.2. The molecule has 8 heteroatoms. The normalized spacial score (nSPS) is 13.1. The largest absolute Gasteiger partial charge is 0.384 e. The van der Waals surface area contributed by atoms with E-state index in [1.54, 1.807) is 13.2 Å². The predicted octanol–water partition coefficient (Wildman–Crippen LogP) is 0.365. The third-order valence-corrected chi connectivity index (χ3v) is 3.77. The van der Waals surface area contributed by atoms with Gasteiger partial charge in [0.25, 0.3) is 11.5 Å². The van der Waals surface area contributed by atoms with E-state index in [-0.39, 0.29) is 17.7 Å². The highest BCUT2D eigenvalue weighted by molar-refractivity contribution is 5.93. The highest BCUT2D eigenvalue weighted by Crippen LogP contribution is 2.18. The average molecular weight is 318 g/mol. The molecule has 3 rings (SSSR count). The zero-order valence-electron chi connectivity index (χ0n) is 12.8. The van der Waals surface area contributed by atoms with Gasteiger partial charge < -0.3 is 19.6 Å². The van der Waals surface area contributed by atoms with Crippen LogP contribution in [0.3, 0.4) is 0 Å². The lowest BCUT2D eigenvalue weighted by atomic mass is 10.1. The summed E-state index contributed by atoms with van der Waals surface area (Å²) in [5.41, 5.74) is 1.73. The van der Waals surface area contributed by atoms with Crippen molar-refractivity contribution in [1.29, 1.82) is 0 Å². The first-order valence-electron chi connectivity index (χ1n) is 7.51. The van der Waals surface area contributed by atoms with Gasteiger partial charge in [0.15, 0.2) is 5.82 Å². The minimum Gasteiger partial charge on any atom is -0.384 e. The van der Waals surface area contributed by atoms with Crippen LogP contribution in [0, 0.1) is 0 Å². The molecule has 8 nitrogen and oxygen atoms in total. The molecular formula is C15H18N4O4. The molecule has 1 aliphatic carbocycles. The number of nitrogens with zero attached hydrogens (tertiary/aromatic N) is 2. The lowest BCUT2D eigenvalue weighted by Gasteiger charge is -2.04. The van der Waals surface area contributed by atoms with Gasteiger partial charge in [0.05, 0.1) is 19.6 Å². The number of nitrogens with one attached hydrogen (secondary N) is 2. The number of H-pyrrole nitrogens is 1. The number of hydrogen-bond donors (Lipinski definition) is 2. The maximum Gasteiger partial charge on any atom is 0.261 e. The smallest absolute Gasteiger partial charge is 0.261 e. The zero-order chi connectivity index (χ0) is 16.2. The Morgan fingerprint density at radius 3 is 3.17 bits per heavy atom. The molecule has 2 aromatic rings. The lowest BCUT2D eigenvalue weighted by Crippen LogP contribution is -2.30. The fourth-order valence-electron chi connectivity index (χ4n) is 2.59. The summed E-state index contributed by atoms with van der Waals surface area (Å²) in [6, 6.07) is 1.68. The number of methoxy groups -OCH3 is 1. The van der Waals surface area contributed by atoms with Crippen molar-refractivity contribution in [2.45, 2.75) is 32.2 Å². The van der Waals surface area contributed by atoms with Crippen LogP contribution < -0.4 is 10.9 Å². The average Bonchev–Trinajstić information content (AvgIpc) is 3.18. The van der Waals surface area contributed by atoms with Crippen LogP contribution in [0.5, 0.6) is 0 Å². The second-order valence-electron chi connectivity index (χ2n) is 5.40. The van der Waals surface area contributed by atoms with E-state index in [0.29, 0.717) is 24.7 Å². The van der Waals surface area contributed by atoms with Crippen LogP contribution in [0.1, 0.15) is 39.8 Å². The van der Waals surface area contributed by atoms with Crippen molar-refractivity contribution < 1.29 is 14.1 Å². The van der Waals surface area contributed by atoms with Crippen molar-refractivity contribution in [3.63, 3.8) is 0 Å². The van der Waals surface area contributed by atoms with E-state index in [9.17, 15) is 9.59 Å². The number of fused-ring (bicyclic) bond motifs is 1. The van der Waals surface area contributed by atoms with E-state index in [2.05, 4.69) is 20.4 Å². The topological polar surface area (TPSA) is 110 Å². The van der Waals surface area contributed by atoms with Gasteiger partial charge in [-0.25, -0.2) is 0 Å². The Morgan fingerprint density at radius 1 is 1.48 bits per heavy atom. The molecule has 0 saturated heterocycles. The number of pyridine rings is 1. The fraction of sp³-hybridized carbons (Fsp3) is 0.467. The Bertz CT molecular complexity index is 765. The molecule has 23 heavy (non-hydrogen) atoms. The summed E-state index contributed by atoms with van der Waals surface area (Å²) in [7, 11) is 1.59. The first kappa shape index (κ1) is 15.4. The maximum atomic E-state index is 12.2. The minimum absolute atomic E-state index is 0.103. The van der Waals surface area contributed by atoms with Crippen molar-refractivity contribution in [1.82, 2.24) is 20.4 Å². The van der Waals surface area contributed by atoms with E-state index in [1.807, 2.05) is 0 Å². The number of amides is 1. The van der Waals surface area contributed by atoms with Crippen molar-refractivity contribution in [2.24, 2.45) is 0 Å².